The summed E-state index contributed by atoms with van der Waals surface area (Å²) in [5.41, 5.74) is 0. The van der Waals surface area contributed by atoms with Gasteiger partial charge in [0.1, 0.15) is 5.82 Å². The van der Waals surface area contributed by atoms with Crippen molar-refractivity contribution in [3.63, 3.8) is 0 Å². The molecule has 1 saturated carbocycles. The maximum atomic E-state index is 5.38. The fourth-order valence-corrected chi connectivity index (χ4v) is 3.46. The molecule has 0 radical (unpaired) electrons. The predicted molar refractivity (Wildman–Crippen MR) is 89.2 cm³/mol. The molecule has 7 nitrogen and oxygen atoms in total. The number of likely N-dealkylation sites (tertiary alicyclic amines) is 1. The van der Waals surface area contributed by atoms with Gasteiger partial charge in [0.05, 0.1) is 13.1 Å². The lowest BCUT2D eigenvalue weighted by Crippen LogP contribution is -2.46. The number of imidazole rings is 1. The molecule has 0 N–H and O–H groups in total. The van der Waals surface area contributed by atoms with Gasteiger partial charge in [-0.25, -0.2) is 4.98 Å². The van der Waals surface area contributed by atoms with Gasteiger partial charge in [-0.05, 0) is 39.3 Å². The minimum absolute atomic E-state index is 0.532. The Labute approximate surface area is 142 Å². The van der Waals surface area contributed by atoms with Crippen LogP contribution in [0.15, 0.2) is 16.9 Å². The Hall–Kier alpha value is -1.73. The van der Waals surface area contributed by atoms with Gasteiger partial charge in [-0.15, -0.1) is 0 Å². The molecule has 0 bridgehead atoms. The van der Waals surface area contributed by atoms with Crippen molar-refractivity contribution in [1.29, 1.82) is 0 Å². The minimum atomic E-state index is 0.532. The van der Waals surface area contributed by atoms with E-state index in [1.807, 2.05) is 12.4 Å². The van der Waals surface area contributed by atoms with Gasteiger partial charge in [-0.2, -0.15) is 4.98 Å². The Morgan fingerprint density at radius 2 is 2.21 bits per heavy atom. The first-order valence-corrected chi connectivity index (χ1v) is 8.90. The summed E-state index contributed by atoms with van der Waals surface area (Å²) in [6.45, 7) is 3.84. The molecule has 1 atom stereocenters. The first-order valence-electron chi connectivity index (χ1n) is 8.90. The van der Waals surface area contributed by atoms with Gasteiger partial charge in [-0.1, -0.05) is 5.16 Å². The van der Waals surface area contributed by atoms with Crippen LogP contribution in [-0.4, -0.2) is 55.7 Å². The smallest absolute Gasteiger partial charge is 0.229 e. The van der Waals surface area contributed by atoms with Crippen molar-refractivity contribution in [2.45, 2.75) is 50.7 Å². The maximum Gasteiger partial charge on any atom is 0.229 e. The number of piperidine rings is 1. The summed E-state index contributed by atoms with van der Waals surface area (Å²) in [6.07, 6.45) is 8.71. The van der Waals surface area contributed by atoms with E-state index in [0.29, 0.717) is 12.0 Å². The second kappa shape index (κ2) is 6.64. The zero-order valence-electron chi connectivity index (χ0n) is 14.6. The first kappa shape index (κ1) is 15.8. The van der Waals surface area contributed by atoms with Gasteiger partial charge in [0, 0.05) is 37.9 Å². The van der Waals surface area contributed by atoms with E-state index in [2.05, 4.69) is 43.6 Å². The van der Waals surface area contributed by atoms with Crippen LogP contribution in [0.1, 0.15) is 49.1 Å². The van der Waals surface area contributed by atoms with E-state index < -0.39 is 0 Å². The van der Waals surface area contributed by atoms with Gasteiger partial charge < -0.3 is 9.09 Å². The second-order valence-electron chi connectivity index (χ2n) is 7.22. The maximum absolute atomic E-state index is 5.38. The lowest BCUT2D eigenvalue weighted by atomic mass is 10.0. The molecule has 2 aromatic rings. The molecule has 1 aliphatic carbocycles. The predicted octanol–water partition coefficient (Wildman–Crippen LogP) is 1.78. The molecule has 0 spiro atoms. The highest BCUT2D eigenvalue weighted by Crippen LogP contribution is 2.38. The van der Waals surface area contributed by atoms with Crippen LogP contribution in [0.5, 0.6) is 0 Å². The topological polar surface area (TPSA) is 63.2 Å². The molecule has 2 aromatic heterocycles. The molecule has 7 heteroatoms. The molecule has 1 saturated heterocycles. The van der Waals surface area contributed by atoms with Crippen molar-refractivity contribution in [2.75, 3.05) is 20.1 Å². The molecule has 2 aliphatic rings. The zero-order valence-corrected chi connectivity index (χ0v) is 14.6. The molecule has 1 aliphatic heterocycles. The van der Waals surface area contributed by atoms with Gasteiger partial charge in [0.15, 0.2) is 5.82 Å². The summed E-state index contributed by atoms with van der Waals surface area (Å²) < 4.78 is 7.47. The number of hydrogen-bond acceptors (Lipinski definition) is 6. The monoisotopic (exact) mass is 330 g/mol. The highest BCUT2D eigenvalue weighted by molar-refractivity contribution is 5.02. The Bertz CT molecular complexity index is 676. The number of hydrogen-bond donors (Lipinski definition) is 0. The van der Waals surface area contributed by atoms with Crippen LogP contribution in [0.3, 0.4) is 0 Å². The normalized spacial score (nSPS) is 22.4. The number of likely N-dealkylation sites (N-methyl/N-ethyl adjacent to an activating group) is 1. The summed E-state index contributed by atoms with van der Waals surface area (Å²) in [6, 6.07) is 0.547. The summed E-state index contributed by atoms with van der Waals surface area (Å²) in [4.78, 5) is 13.9. The van der Waals surface area contributed by atoms with Crippen molar-refractivity contribution in [1.82, 2.24) is 29.5 Å². The summed E-state index contributed by atoms with van der Waals surface area (Å²) in [5, 5.41) is 4.16. The van der Waals surface area contributed by atoms with E-state index in [-0.39, 0.29) is 0 Å². The van der Waals surface area contributed by atoms with Crippen molar-refractivity contribution < 1.29 is 4.52 Å². The van der Waals surface area contributed by atoms with Crippen molar-refractivity contribution in [2.24, 2.45) is 7.05 Å². The van der Waals surface area contributed by atoms with Crippen LogP contribution in [0.25, 0.3) is 0 Å². The van der Waals surface area contributed by atoms with Crippen LogP contribution in [0.4, 0.5) is 0 Å². The van der Waals surface area contributed by atoms with Gasteiger partial charge in [-0.3, -0.25) is 9.80 Å². The highest BCUT2D eigenvalue weighted by atomic mass is 16.5. The molecule has 130 valence electrons. The van der Waals surface area contributed by atoms with E-state index in [1.54, 1.807) is 0 Å². The average Bonchev–Trinajstić information content (AvgIpc) is 3.21. The van der Waals surface area contributed by atoms with Crippen LogP contribution in [-0.2, 0) is 20.1 Å². The third-order valence-corrected chi connectivity index (χ3v) is 5.19. The van der Waals surface area contributed by atoms with E-state index >= 15 is 0 Å². The lowest BCUT2D eigenvalue weighted by molar-refractivity contribution is 0.102. The number of nitrogens with zero attached hydrogens (tertiary/aromatic N) is 6. The fraction of sp³-hybridized carbons (Fsp3) is 0.706. The Morgan fingerprint density at radius 3 is 2.96 bits per heavy atom. The number of aromatic nitrogens is 4. The molecule has 0 unspecified atom stereocenters. The zero-order chi connectivity index (χ0) is 16.5. The van der Waals surface area contributed by atoms with E-state index in [4.69, 9.17) is 4.52 Å². The third kappa shape index (κ3) is 3.52. The fourth-order valence-electron chi connectivity index (χ4n) is 3.46. The molecule has 0 aromatic carbocycles. The van der Waals surface area contributed by atoms with Crippen LogP contribution < -0.4 is 0 Å². The Morgan fingerprint density at radius 1 is 1.33 bits per heavy atom. The molecular formula is C17H26N6O. The van der Waals surface area contributed by atoms with Crippen molar-refractivity contribution >= 4 is 0 Å². The minimum Gasteiger partial charge on any atom is -0.339 e. The first-order chi connectivity index (χ1) is 11.7. The Balaban J connectivity index is 1.33. The van der Waals surface area contributed by atoms with Gasteiger partial charge in [0.2, 0.25) is 5.89 Å². The number of rotatable bonds is 6. The molecule has 24 heavy (non-hydrogen) atoms. The van der Waals surface area contributed by atoms with E-state index in [1.165, 1.54) is 25.7 Å². The van der Waals surface area contributed by atoms with Crippen LogP contribution in [0.2, 0.25) is 0 Å². The quantitative estimate of drug-likeness (QED) is 0.804. The van der Waals surface area contributed by atoms with E-state index in [9.17, 15) is 0 Å². The lowest BCUT2D eigenvalue weighted by Gasteiger charge is -2.37. The number of aryl methyl sites for hydroxylation is 1. The van der Waals surface area contributed by atoms with E-state index in [0.717, 1.165) is 43.7 Å². The van der Waals surface area contributed by atoms with Gasteiger partial charge >= 0.3 is 0 Å². The second-order valence-corrected chi connectivity index (χ2v) is 7.22. The van der Waals surface area contributed by atoms with Gasteiger partial charge in [0.25, 0.3) is 0 Å². The third-order valence-electron chi connectivity index (χ3n) is 5.19. The Kier molecular flexibility index (Phi) is 4.37. The van der Waals surface area contributed by atoms with Crippen molar-refractivity contribution in [3.05, 3.63) is 29.9 Å². The summed E-state index contributed by atoms with van der Waals surface area (Å²) in [5.74, 6) is 3.32. The molecule has 0 amide bonds. The van der Waals surface area contributed by atoms with Crippen LogP contribution in [0, 0.1) is 0 Å². The molecule has 3 heterocycles. The van der Waals surface area contributed by atoms with Crippen molar-refractivity contribution in [3.8, 4) is 0 Å². The standard InChI is InChI=1S/C17H26N6O/c1-21-9-7-18-16(21)12-22(2)14-4-3-8-23(10-14)11-15-19-17(24-20-15)13-5-6-13/h7,9,13-14H,3-6,8,10-12H2,1-2H3/t14-/m1/s1. The van der Waals surface area contributed by atoms with Crippen LogP contribution >= 0.6 is 0 Å². The largest absolute Gasteiger partial charge is 0.339 e. The SMILES string of the molecule is CN(Cc1nccn1C)[C@@H]1CCCN(Cc2noc(C3CC3)n2)C1. The summed E-state index contributed by atoms with van der Waals surface area (Å²) in [7, 11) is 4.25. The molecular weight excluding hydrogens is 304 g/mol. The molecule has 4 rings (SSSR count). The molecule has 2 fully saturated rings. The summed E-state index contributed by atoms with van der Waals surface area (Å²) >= 11 is 0. The highest BCUT2D eigenvalue weighted by Gasteiger charge is 2.30. The average molecular weight is 330 g/mol.